The maximum atomic E-state index is 5.49. The lowest BCUT2D eigenvalue weighted by Gasteiger charge is -2.31. The highest BCUT2D eigenvalue weighted by atomic mass is 16.5. The Balaban J connectivity index is 1.53. The van der Waals surface area contributed by atoms with E-state index in [2.05, 4.69) is 15.8 Å². The fourth-order valence-corrected chi connectivity index (χ4v) is 3.37. The Morgan fingerprint density at radius 1 is 1.41 bits per heavy atom. The molecule has 118 valence electrons. The second-order valence-corrected chi connectivity index (χ2v) is 6.60. The first-order valence-corrected chi connectivity index (χ1v) is 8.11. The van der Waals surface area contributed by atoms with Gasteiger partial charge in [-0.25, -0.2) is 0 Å². The first-order valence-electron chi connectivity index (χ1n) is 8.11. The lowest BCUT2D eigenvalue weighted by molar-refractivity contribution is 0.131. The highest BCUT2D eigenvalue weighted by molar-refractivity contribution is 5.25. The van der Waals surface area contributed by atoms with Crippen molar-refractivity contribution in [3.63, 3.8) is 0 Å². The minimum atomic E-state index is 0.400. The standard InChI is InChI=1S/C17H23N3O2/c1-21-12-14-8-19(9-15-3-2-6-22-15)11-17-16(14)10-20(18-17)7-13-4-5-13/h2-3,6,10,13-14H,4-5,7-9,11-12H2,1H3. The molecule has 2 aromatic rings. The van der Waals surface area contributed by atoms with Crippen LogP contribution in [0.5, 0.6) is 0 Å². The Hall–Kier alpha value is -1.59. The van der Waals surface area contributed by atoms with Crippen LogP contribution in [0.15, 0.2) is 29.0 Å². The van der Waals surface area contributed by atoms with E-state index in [1.165, 1.54) is 24.1 Å². The molecule has 2 aliphatic rings. The number of hydrogen-bond donors (Lipinski definition) is 0. The molecule has 1 atom stereocenters. The van der Waals surface area contributed by atoms with Crippen LogP contribution in [0.1, 0.15) is 35.8 Å². The molecule has 1 aliphatic heterocycles. The van der Waals surface area contributed by atoms with E-state index in [1.54, 1.807) is 13.4 Å². The molecular formula is C17H23N3O2. The summed E-state index contributed by atoms with van der Waals surface area (Å²) in [4.78, 5) is 2.40. The van der Waals surface area contributed by atoms with Crippen LogP contribution >= 0.6 is 0 Å². The molecule has 0 spiro atoms. The minimum Gasteiger partial charge on any atom is -0.468 e. The molecule has 0 amide bonds. The van der Waals surface area contributed by atoms with Crippen LogP contribution < -0.4 is 0 Å². The van der Waals surface area contributed by atoms with Gasteiger partial charge in [0.1, 0.15) is 5.76 Å². The lowest BCUT2D eigenvalue weighted by atomic mass is 9.95. The van der Waals surface area contributed by atoms with Crippen molar-refractivity contribution in [2.24, 2.45) is 5.92 Å². The highest BCUT2D eigenvalue weighted by Gasteiger charge is 2.30. The van der Waals surface area contributed by atoms with Crippen LogP contribution in [-0.4, -0.2) is 34.9 Å². The summed E-state index contributed by atoms with van der Waals surface area (Å²) in [7, 11) is 1.78. The van der Waals surface area contributed by atoms with E-state index in [-0.39, 0.29) is 0 Å². The Bertz CT molecular complexity index is 616. The molecule has 1 unspecified atom stereocenters. The van der Waals surface area contributed by atoms with E-state index in [4.69, 9.17) is 14.3 Å². The number of aromatic nitrogens is 2. The molecule has 4 rings (SSSR count). The smallest absolute Gasteiger partial charge is 0.117 e. The molecule has 0 saturated heterocycles. The summed E-state index contributed by atoms with van der Waals surface area (Å²) < 4.78 is 13.1. The van der Waals surface area contributed by atoms with Crippen molar-refractivity contribution in [3.8, 4) is 0 Å². The molecule has 0 bridgehead atoms. The summed E-state index contributed by atoms with van der Waals surface area (Å²) in [5.74, 6) is 2.26. The zero-order chi connectivity index (χ0) is 14.9. The average molecular weight is 301 g/mol. The summed E-state index contributed by atoms with van der Waals surface area (Å²) in [5.41, 5.74) is 2.58. The monoisotopic (exact) mass is 301 g/mol. The third kappa shape index (κ3) is 2.96. The zero-order valence-corrected chi connectivity index (χ0v) is 13.1. The Morgan fingerprint density at radius 2 is 2.32 bits per heavy atom. The van der Waals surface area contributed by atoms with Crippen LogP contribution in [0.4, 0.5) is 0 Å². The lowest BCUT2D eigenvalue weighted by Crippen LogP contribution is -2.34. The molecule has 0 radical (unpaired) electrons. The van der Waals surface area contributed by atoms with E-state index >= 15 is 0 Å². The highest BCUT2D eigenvalue weighted by Crippen LogP contribution is 2.33. The fraction of sp³-hybridized carbons (Fsp3) is 0.588. The molecule has 3 heterocycles. The second kappa shape index (κ2) is 5.89. The van der Waals surface area contributed by atoms with Crippen LogP contribution in [0.3, 0.4) is 0 Å². The van der Waals surface area contributed by atoms with Crippen molar-refractivity contribution in [1.29, 1.82) is 0 Å². The summed E-state index contributed by atoms with van der Waals surface area (Å²) >= 11 is 0. The first-order chi connectivity index (χ1) is 10.8. The molecule has 0 N–H and O–H groups in total. The summed E-state index contributed by atoms with van der Waals surface area (Å²) in [6, 6.07) is 3.98. The fourth-order valence-electron chi connectivity index (χ4n) is 3.37. The number of nitrogens with zero attached hydrogens (tertiary/aromatic N) is 3. The molecule has 1 aliphatic carbocycles. The van der Waals surface area contributed by atoms with Crippen LogP contribution in [0.25, 0.3) is 0 Å². The number of furan rings is 1. The third-order valence-electron chi connectivity index (χ3n) is 4.63. The summed E-state index contributed by atoms with van der Waals surface area (Å²) in [5, 5.41) is 4.83. The van der Waals surface area contributed by atoms with Crippen molar-refractivity contribution in [2.45, 2.75) is 38.4 Å². The largest absolute Gasteiger partial charge is 0.468 e. The average Bonchev–Trinajstić information content (AvgIpc) is 2.98. The maximum absolute atomic E-state index is 5.49. The predicted octanol–water partition coefficient (Wildman–Crippen LogP) is 2.63. The van der Waals surface area contributed by atoms with E-state index in [0.29, 0.717) is 5.92 Å². The van der Waals surface area contributed by atoms with Crippen molar-refractivity contribution >= 4 is 0 Å². The maximum Gasteiger partial charge on any atom is 0.117 e. The van der Waals surface area contributed by atoms with Crippen molar-refractivity contribution in [1.82, 2.24) is 14.7 Å². The van der Waals surface area contributed by atoms with E-state index in [0.717, 1.165) is 44.5 Å². The van der Waals surface area contributed by atoms with E-state index < -0.39 is 0 Å². The number of hydrogen-bond acceptors (Lipinski definition) is 4. The zero-order valence-electron chi connectivity index (χ0n) is 13.1. The van der Waals surface area contributed by atoms with Gasteiger partial charge >= 0.3 is 0 Å². The van der Waals surface area contributed by atoms with Crippen molar-refractivity contribution in [3.05, 3.63) is 41.6 Å². The van der Waals surface area contributed by atoms with Gasteiger partial charge in [-0.3, -0.25) is 9.58 Å². The number of rotatable bonds is 6. The molecule has 1 fully saturated rings. The number of methoxy groups -OCH3 is 1. The third-order valence-corrected chi connectivity index (χ3v) is 4.63. The van der Waals surface area contributed by atoms with Gasteiger partial charge in [-0.15, -0.1) is 0 Å². The quantitative estimate of drug-likeness (QED) is 0.822. The van der Waals surface area contributed by atoms with Gasteiger partial charge in [0.05, 0.1) is 25.1 Å². The van der Waals surface area contributed by atoms with Gasteiger partial charge in [-0.1, -0.05) is 0 Å². The minimum absolute atomic E-state index is 0.400. The van der Waals surface area contributed by atoms with Crippen LogP contribution in [0, 0.1) is 5.92 Å². The van der Waals surface area contributed by atoms with Gasteiger partial charge in [0.15, 0.2) is 0 Å². The van der Waals surface area contributed by atoms with Gasteiger partial charge < -0.3 is 9.15 Å². The van der Waals surface area contributed by atoms with Gasteiger partial charge in [-0.05, 0) is 30.9 Å². The molecule has 0 aromatic carbocycles. The Kier molecular flexibility index (Phi) is 3.76. The SMILES string of the molecule is COCC1CN(Cc2ccco2)Cc2nn(CC3CC3)cc21. The van der Waals surface area contributed by atoms with Crippen molar-refractivity contribution in [2.75, 3.05) is 20.3 Å². The summed E-state index contributed by atoms with van der Waals surface area (Å²) in [6.07, 6.45) is 6.70. The van der Waals surface area contributed by atoms with E-state index in [9.17, 15) is 0 Å². The summed E-state index contributed by atoms with van der Waals surface area (Å²) in [6.45, 7) is 4.55. The van der Waals surface area contributed by atoms with Crippen LogP contribution in [-0.2, 0) is 24.4 Å². The molecule has 22 heavy (non-hydrogen) atoms. The molecule has 2 aromatic heterocycles. The molecule has 5 nitrogen and oxygen atoms in total. The first kappa shape index (κ1) is 14.0. The Morgan fingerprint density at radius 3 is 3.05 bits per heavy atom. The number of ether oxygens (including phenoxy) is 1. The topological polar surface area (TPSA) is 43.4 Å². The molecular weight excluding hydrogens is 278 g/mol. The number of fused-ring (bicyclic) bond motifs is 1. The van der Waals surface area contributed by atoms with Crippen LogP contribution in [0.2, 0.25) is 0 Å². The van der Waals surface area contributed by atoms with Gasteiger partial charge in [0.25, 0.3) is 0 Å². The normalized spacial score (nSPS) is 22.0. The molecule has 1 saturated carbocycles. The van der Waals surface area contributed by atoms with Crippen molar-refractivity contribution < 1.29 is 9.15 Å². The predicted molar refractivity (Wildman–Crippen MR) is 82.4 cm³/mol. The molecule has 5 heteroatoms. The van der Waals surface area contributed by atoms with Gasteiger partial charge in [0, 0.05) is 44.4 Å². The Labute approximate surface area is 130 Å². The van der Waals surface area contributed by atoms with E-state index in [1.807, 2.05) is 12.1 Å². The van der Waals surface area contributed by atoms with Gasteiger partial charge in [-0.2, -0.15) is 5.10 Å². The van der Waals surface area contributed by atoms with Gasteiger partial charge in [0.2, 0.25) is 0 Å². The second-order valence-electron chi connectivity index (χ2n) is 6.60.